The lowest BCUT2D eigenvalue weighted by Gasteiger charge is -2.11. The molecule has 0 radical (unpaired) electrons. The van der Waals surface area contributed by atoms with Gasteiger partial charge in [-0.3, -0.25) is 4.79 Å². The number of methoxy groups -OCH3 is 1. The number of halogens is 1. The number of hydrogen-bond donors (Lipinski definition) is 0. The van der Waals surface area contributed by atoms with Crippen LogP contribution in [0, 0.1) is 5.82 Å². The number of hydrogen-bond acceptors (Lipinski definition) is 2. The van der Waals surface area contributed by atoms with Crippen molar-refractivity contribution in [1.29, 1.82) is 0 Å². The van der Waals surface area contributed by atoms with Gasteiger partial charge in [-0.25, -0.2) is 4.39 Å². The van der Waals surface area contributed by atoms with Crippen molar-refractivity contribution in [2.75, 3.05) is 7.11 Å². The molecule has 0 aliphatic heterocycles. The highest BCUT2D eigenvalue weighted by Crippen LogP contribution is 2.29. The van der Waals surface area contributed by atoms with Crippen molar-refractivity contribution in [3.63, 3.8) is 0 Å². The summed E-state index contributed by atoms with van der Waals surface area (Å²) in [6.45, 7) is 2.74. The van der Waals surface area contributed by atoms with E-state index < -0.39 is 0 Å². The van der Waals surface area contributed by atoms with Gasteiger partial charge in [-0.15, -0.1) is 0 Å². The van der Waals surface area contributed by atoms with E-state index in [9.17, 15) is 9.18 Å². The maximum absolute atomic E-state index is 13.8. The Morgan fingerprint density at radius 3 is 2.58 bits per heavy atom. The van der Waals surface area contributed by atoms with Crippen LogP contribution in [0.25, 0.3) is 10.9 Å². The molecule has 0 saturated heterocycles. The third-order valence-electron chi connectivity index (χ3n) is 4.32. The van der Waals surface area contributed by atoms with Gasteiger partial charge in [0.1, 0.15) is 5.82 Å². The van der Waals surface area contributed by atoms with Crippen LogP contribution in [-0.2, 0) is 28.9 Å². The second kappa shape index (κ2) is 6.87. The first-order valence-corrected chi connectivity index (χ1v) is 8.04. The van der Waals surface area contributed by atoms with Crippen molar-refractivity contribution in [3.05, 3.63) is 71.2 Å². The Balaban J connectivity index is 2.18. The second-order valence-corrected chi connectivity index (χ2v) is 5.76. The van der Waals surface area contributed by atoms with Crippen molar-refractivity contribution in [2.24, 2.45) is 0 Å². The highest BCUT2D eigenvalue weighted by molar-refractivity contribution is 5.89. The Morgan fingerprint density at radius 2 is 1.92 bits per heavy atom. The number of rotatable bonds is 5. The molecule has 0 N–H and O–H groups in total. The van der Waals surface area contributed by atoms with E-state index in [0.29, 0.717) is 6.54 Å². The SMILES string of the molecule is CCc1c(CC(=O)OC)c2cc(F)ccc2n1Cc1ccccc1. The molecule has 1 aromatic heterocycles. The molecule has 0 saturated carbocycles. The summed E-state index contributed by atoms with van der Waals surface area (Å²) in [6.07, 6.45) is 0.914. The zero-order valence-corrected chi connectivity index (χ0v) is 13.9. The maximum Gasteiger partial charge on any atom is 0.310 e. The number of carbonyl (C=O) groups is 1. The average Bonchev–Trinajstić information content (AvgIpc) is 2.88. The first kappa shape index (κ1) is 16.2. The summed E-state index contributed by atoms with van der Waals surface area (Å²) in [5, 5.41) is 0.785. The largest absolute Gasteiger partial charge is 0.469 e. The van der Waals surface area contributed by atoms with E-state index in [4.69, 9.17) is 4.74 Å². The third kappa shape index (κ3) is 3.04. The lowest BCUT2D eigenvalue weighted by atomic mass is 10.1. The van der Waals surface area contributed by atoms with Gasteiger partial charge in [0, 0.05) is 23.1 Å². The Bertz CT molecular complexity index is 868. The smallest absolute Gasteiger partial charge is 0.310 e. The minimum atomic E-state index is -0.312. The molecule has 124 valence electrons. The molecule has 0 bridgehead atoms. The molecule has 0 aliphatic carbocycles. The third-order valence-corrected chi connectivity index (χ3v) is 4.32. The summed E-state index contributed by atoms with van der Waals surface area (Å²) in [4.78, 5) is 11.8. The number of nitrogens with zero attached hydrogens (tertiary/aromatic N) is 1. The van der Waals surface area contributed by atoms with Gasteiger partial charge >= 0.3 is 5.97 Å². The van der Waals surface area contributed by atoms with Crippen LogP contribution < -0.4 is 0 Å². The highest BCUT2D eigenvalue weighted by Gasteiger charge is 2.19. The number of aromatic nitrogens is 1. The minimum Gasteiger partial charge on any atom is -0.469 e. The zero-order valence-electron chi connectivity index (χ0n) is 13.9. The highest BCUT2D eigenvalue weighted by atomic mass is 19.1. The Morgan fingerprint density at radius 1 is 1.17 bits per heavy atom. The Hall–Kier alpha value is -2.62. The lowest BCUT2D eigenvalue weighted by molar-refractivity contribution is -0.139. The fourth-order valence-corrected chi connectivity index (χ4v) is 3.21. The van der Waals surface area contributed by atoms with E-state index in [1.807, 2.05) is 25.1 Å². The van der Waals surface area contributed by atoms with Gasteiger partial charge in [-0.1, -0.05) is 37.3 Å². The summed E-state index contributed by atoms with van der Waals surface area (Å²) in [5.74, 6) is -0.610. The summed E-state index contributed by atoms with van der Waals surface area (Å²) in [7, 11) is 1.37. The molecule has 2 aromatic carbocycles. The van der Waals surface area contributed by atoms with E-state index in [2.05, 4.69) is 16.7 Å². The molecule has 0 atom stereocenters. The van der Waals surface area contributed by atoms with Crippen molar-refractivity contribution in [2.45, 2.75) is 26.3 Å². The van der Waals surface area contributed by atoms with Crippen molar-refractivity contribution in [1.82, 2.24) is 4.57 Å². The molecular weight excluding hydrogens is 305 g/mol. The van der Waals surface area contributed by atoms with E-state index in [1.165, 1.54) is 19.2 Å². The van der Waals surface area contributed by atoms with Crippen molar-refractivity contribution >= 4 is 16.9 Å². The molecule has 3 nitrogen and oxygen atoms in total. The van der Waals surface area contributed by atoms with E-state index in [-0.39, 0.29) is 18.2 Å². The number of carbonyl (C=O) groups excluding carboxylic acids is 1. The molecule has 0 aliphatic rings. The van der Waals surface area contributed by atoms with Crippen LogP contribution in [0.5, 0.6) is 0 Å². The van der Waals surface area contributed by atoms with Gasteiger partial charge in [0.15, 0.2) is 0 Å². The van der Waals surface area contributed by atoms with Gasteiger partial charge in [-0.2, -0.15) is 0 Å². The van der Waals surface area contributed by atoms with Crippen molar-refractivity contribution < 1.29 is 13.9 Å². The maximum atomic E-state index is 13.8. The topological polar surface area (TPSA) is 31.2 Å². The van der Waals surface area contributed by atoms with Gasteiger partial charge < -0.3 is 9.30 Å². The summed E-state index contributed by atoms with van der Waals surface area (Å²) < 4.78 is 20.8. The Labute approximate surface area is 140 Å². The quantitative estimate of drug-likeness (QED) is 0.661. The molecule has 1 heterocycles. The van der Waals surface area contributed by atoms with E-state index in [1.54, 1.807) is 6.07 Å². The second-order valence-electron chi connectivity index (χ2n) is 5.76. The molecule has 0 fully saturated rings. The predicted molar refractivity (Wildman–Crippen MR) is 92.5 cm³/mol. The molecular formula is C20H20FNO2. The van der Waals surface area contributed by atoms with E-state index in [0.717, 1.165) is 34.1 Å². The molecule has 0 amide bonds. The van der Waals surface area contributed by atoms with Gasteiger partial charge in [-0.05, 0) is 35.7 Å². The van der Waals surface area contributed by atoms with Crippen LogP contribution in [0.15, 0.2) is 48.5 Å². The first-order valence-electron chi connectivity index (χ1n) is 8.04. The van der Waals surface area contributed by atoms with Crippen LogP contribution in [0.3, 0.4) is 0 Å². The molecule has 4 heteroatoms. The van der Waals surface area contributed by atoms with Crippen LogP contribution in [-0.4, -0.2) is 17.6 Å². The van der Waals surface area contributed by atoms with Crippen LogP contribution >= 0.6 is 0 Å². The summed E-state index contributed by atoms with van der Waals surface area (Å²) >= 11 is 0. The molecule has 0 spiro atoms. The standard InChI is InChI=1S/C20H20FNO2/c1-3-18-17(12-20(23)24-2)16-11-15(21)9-10-19(16)22(18)13-14-7-5-4-6-8-14/h4-11H,3,12-13H2,1-2H3. The molecule has 3 rings (SSSR count). The van der Waals surface area contributed by atoms with Gasteiger partial charge in [0.05, 0.1) is 13.5 Å². The van der Waals surface area contributed by atoms with E-state index >= 15 is 0 Å². The fraction of sp³-hybridized carbons (Fsp3) is 0.250. The minimum absolute atomic E-state index is 0.154. The molecule has 24 heavy (non-hydrogen) atoms. The van der Waals surface area contributed by atoms with Crippen molar-refractivity contribution in [3.8, 4) is 0 Å². The van der Waals surface area contributed by atoms with Crippen LogP contribution in [0.2, 0.25) is 0 Å². The van der Waals surface area contributed by atoms with Gasteiger partial charge in [0.25, 0.3) is 0 Å². The van der Waals surface area contributed by atoms with Crippen LogP contribution in [0.1, 0.15) is 23.7 Å². The van der Waals surface area contributed by atoms with Crippen LogP contribution in [0.4, 0.5) is 4.39 Å². The number of esters is 1. The molecule has 0 unspecified atom stereocenters. The number of ether oxygens (including phenoxy) is 1. The number of fused-ring (bicyclic) bond motifs is 1. The lowest BCUT2D eigenvalue weighted by Crippen LogP contribution is -2.09. The normalized spacial score (nSPS) is 11.0. The predicted octanol–water partition coefficient (Wildman–Crippen LogP) is 4.11. The monoisotopic (exact) mass is 325 g/mol. The van der Waals surface area contributed by atoms with Gasteiger partial charge in [0.2, 0.25) is 0 Å². The molecule has 3 aromatic rings. The average molecular weight is 325 g/mol. The fourth-order valence-electron chi connectivity index (χ4n) is 3.21. The number of benzene rings is 2. The summed E-state index contributed by atoms with van der Waals surface area (Å²) in [5.41, 5.74) is 4.01. The Kier molecular flexibility index (Phi) is 4.65. The zero-order chi connectivity index (χ0) is 17.1. The summed E-state index contributed by atoms with van der Waals surface area (Å²) in [6, 6.07) is 14.9. The first-order chi connectivity index (χ1) is 11.6.